The van der Waals surface area contributed by atoms with Gasteiger partial charge in [0, 0.05) is 0 Å². The van der Waals surface area contributed by atoms with E-state index < -0.39 is 21.0 Å². The van der Waals surface area contributed by atoms with E-state index in [1.165, 1.54) is 13.2 Å². The maximum atomic E-state index is 11.3. The summed E-state index contributed by atoms with van der Waals surface area (Å²) in [6.45, 7) is -0.107. The third-order valence-electron chi connectivity index (χ3n) is 2.02. The zero-order chi connectivity index (χ0) is 13.8. The molecule has 0 unspecified atom stereocenters. The Labute approximate surface area is 132 Å². The van der Waals surface area contributed by atoms with Gasteiger partial charge in [-0.1, -0.05) is 0 Å². The molecule has 1 aromatic rings. The molecule has 0 saturated carbocycles. The number of hydrogen-bond acceptors (Lipinski definition) is 7. The topological polar surface area (TPSA) is 102 Å². The summed E-state index contributed by atoms with van der Waals surface area (Å²) in [5.74, 6) is -0.751. The fraction of sp³-hybridized carbons (Fsp3) is 0.300. The van der Waals surface area contributed by atoms with Gasteiger partial charge < -0.3 is 9.29 Å². The first kappa shape index (κ1) is 18.5. The average molecular weight is 298 g/mol. The minimum Gasteiger partial charge on any atom is -0.744 e. The summed E-state index contributed by atoms with van der Waals surface area (Å²) in [6.07, 6.45) is 0. The number of methoxy groups -OCH3 is 1. The van der Waals surface area contributed by atoms with E-state index in [0.717, 1.165) is 19.2 Å². The molecule has 19 heavy (non-hydrogen) atoms. The summed E-state index contributed by atoms with van der Waals surface area (Å²) < 4.78 is 37.3. The Morgan fingerprint density at radius 1 is 1.26 bits per heavy atom. The molecule has 0 bridgehead atoms. The van der Waals surface area contributed by atoms with Crippen molar-refractivity contribution in [3.8, 4) is 0 Å². The Kier molecular flexibility index (Phi) is 7.75. The number of rotatable bonds is 5. The molecule has 0 heterocycles. The van der Waals surface area contributed by atoms with Crippen molar-refractivity contribution in [3.63, 3.8) is 0 Å². The van der Waals surface area contributed by atoms with Crippen LogP contribution >= 0.6 is 0 Å². The van der Waals surface area contributed by atoms with Crippen LogP contribution in [-0.4, -0.2) is 33.2 Å². The normalized spacial score (nSPS) is 10.7. The Morgan fingerprint density at radius 2 is 1.89 bits per heavy atom. The molecule has 0 fully saturated rings. The van der Waals surface area contributed by atoms with E-state index >= 15 is 0 Å². The standard InChI is InChI=1S/C10H12O7S.Na/c1-15-10(11)8-3-7(6-17-16-2)4-9(5-8)18(12,13)14;/h3-5H,6H2,1-2H3,(H,12,13,14);/q;+1/p-1. The van der Waals surface area contributed by atoms with E-state index in [2.05, 4.69) is 14.5 Å². The molecule has 0 radical (unpaired) electrons. The van der Waals surface area contributed by atoms with E-state index in [9.17, 15) is 17.8 Å². The number of esters is 1. The SMILES string of the molecule is COOCc1cc(C(=O)OC)cc(S(=O)(=O)[O-])c1.[Na+]. The van der Waals surface area contributed by atoms with Gasteiger partial charge in [0.1, 0.15) is 16.7 Å². The summed E-state index contributed by atoms with van der Waals surface area (Å²) in [7, 11) is -2.25. The molecule has 1 rings (SSSR count). The number of carbonyl (C=O) groups excluding carboxylic acids is 1. The molecule has 100 valence electrons. The van der Waals surface area contributed by atoms with Gasteiger partial charge in [-0.05, 0) is 23.8 Å². The molecule has 0 spiro atoms. The average Bonchev–Trinajstić information content (AvgIpc) is 2.33. The maximum Gasteiger partial charge on any atom is 1.00 e. The molecule has 0 saturated heterocycles. The fourth-order valence-electron chi connectivity index (χ4n) is 1.25. The summed E-state index contributed by atoms with van der Waals surface area (Å²) in [4.78, 5) is 19.8. The van der Waals surface area contributed by atoms with E-state index in [0.29, 0.717) is 5.56 Å². The number of ether oxygens (including phenoxy) is 1. The van der Waals surface area contributed by atoms with Crippen LogP contribution in [-0.2, 0) is 31.2 Å². The van der Waals surface area contributed by atoms with Gasteiger partial charge in [0.15, 0.2) is 0 Å². The van der Waals surface area contributed by atoms with Gasteiger partial charge in [-0.25, -0.2) is 23.0 Å². The zero-order valence-corrected chi connectivity index (χ0v) is 13.5. The van der Waals surface area contributed by atoms with Gasteiger partial charge in [0.25, 0.3) is 0 Å². The largest absolute Gasteiger partial charge is 1.00 e. The van der Waals surface area contributed by atoms with E-state index in [4.69, 9.17) is 0 Å². The number of carbonyl (C=O) groups is 1. The molecule has 0 aliphatic carbocycles. The quantitative estimate of drug-likeness (QED) is 0.194. The molecule has 0 amide bonds. The second kappa shape index (κ2) is 7.95. The van der Waals surface area contributed by atoms with Crippen LogP contribution in [0.4, 0.5) is 0 Å². The number of hydrogen-bond donors (Lipinski definition) is 0. The molecule has 0 atom stereocenters. The van der Waals surface area contributed by atoms with E-state index in [1.807, 2.05) is 0 Å². The summed E-state index contributed by atoms with van der Waals surface area (Å²) in [6, 6.07) is 3.40. The van der Waals surface area contributed by atoms with Gasteiger partial charge in [-0.15, -0.1) is 0 Å². The Morgan fingerprint density at radius 3 is 2.37 bits per heavy atom. The van der Waals surface area contributed by atoms with Crippen LogP contribution in [0, 0.1) is 0 Å². The molecule has 0 aliphatic rings. The Bertz CT molecular complexity index is 541. The predicted octanol–water partition coefficient (Wildman–Crippen LogP) is -2.54. The van der Waals surface area contributed by atoms with Crippen LogP contribution in [0.5, 0.6) is 0 Å². The predicted molar refractivity (Wildman–Crippen MR) is 57.5 cm³/mol. The van der Waals surface area contributed by atoms with Gasteiger partial charge >= 0.3 is 35.5 Å². The molecule has 0 aromatic heterocycles. The minimum atomic E-state index is -4.67. The Hall–Kier alpha value is -0.480. The molecular formula is C10H11NaO7S. The van der Waals surface area contributed by atoms with Crippen molar-refractivity contribution in [2.24, 2.45) is 0 Å². The van der Waals surface area contributed by atoms with Gasteiger partial charge in [0.2, 0.25) is 0 Å². The molecule has 7 nitrogen and oxygen atoms in total. The third-order valence-corrected chi connectivity index (χ3v) is 2.83. The molecular weight excluding hydrogens is 287 g/mol. The van der Waals surface area contributed by atoms with Crippen LogP contribution in [0.2, 0.25) is 0 Å². The van der Waals surface area contributed by atoms with E-state index in [-0.39, 0.29) is 41.7 Å². The Balaban J connectivity index is 0.00000324. The van der Waals surface area contributed by atoms with Crippen molar-refractivity contribution in [3.05, 3.63) is 29.3 Å². The van der Waals surface area contributed by atoms with Crippen molar-refractivity contribution in [2.45, 2.75) is 11.5 Å². The monoisotopic (exact) mass is 298 g/mol. The third kappa shape index (κ3) is 5.57. The summed E-state index contributed by atoms with van der Waals surface area (Å²) in [5, 5.41) is 0. The summed E-state index contributed by atoms with van der Waals surface area (Å²) >= 11 is 0. The van der Waals surface area contributed by atoms with E-state index in [1.54, 1.807) is 0 Å². The van der Waals surface area contributed by atoms with Crippen molar-refractivity contribution < 1.29 is 61.8 Å². The molecule has 0 aliphatic heterocycles. The van der Waals surface area contributed by atoms with Crippen LogP contribution < -0.4 is 29.6 Å². The summed E-state index contributed by atoms with van der Waals surface area (Å²) in [5.41, 5.74) is 0.248. The van der Waals surface area contributed by atoms with Crippen molar-refractivity contribution >= 4 is 16.1 Å². The molecule has 1 aromatic carbocycles. The maximum absolute atomic E-state index is 11.3. The molecule has 9 heteroatoms. The van der Waals surface area contributed by atoms with Crippen LogP contribution in [0.25, 0.3) is 0 Å². The first-order chi connectivity index (χ1) is 8.38. The van der Waals surface area contributed by atoms with Crippen molar-refractivity contribution in [1.29, 1.82) is 0 Å². The van der Waals surface area contributed by atoms with Crippen molar-refractivity contribution in [2.75, 3.05) is 14.2 Å². The van der Waals surface area contributed by atoms with Gasteiger partial charge in [-0.2, -0.15) is 0 Å². The zero-order valence-electron chi connectivity index (χ0n) is 10.7. The second-order valence-electron chi connectivity index (χ2n) is 3.24. The van der Waals surface area contributed by atoms with Gasteiger partial charge in [0.05, 0.1) is 24.7 Å². The van der Waals surface area contributed by atoms with Crippen LogP contribution in [0.15, 0.2) is 23.1 Å². The number of benzene rings is 1. The van der Waals surface area contributed by atoms with Crippen LogP contribution in [0.1, 0.15) is 15.9 Å². The first-order valence-electron chi connectivity index (χ1n) is 4.72. The molecule has 0 N–H and O–H groups in total. The van der Waals surface area contributed by atoms with Gasteiger partial charge in [-0.3, -0.25) is 0 Å². The minimum absolute atomic E-state index is 0. The smallest absolute Gasteiger partial charge is 0.744 e. The first-order valence-corrected chi connectivity index (χ1v) is 6.13. The van der Waals surface area contributed by atoms with Crippen molar-refractivity contribution in [1.82, 2.24) is 0 Å². The van der Waals surface area contributed by atoms with Crippen LogP contribution in [0.3, 0.4) is 0 Å². The second-order valence-corrected chi connectivity index (χ2v) is 4.62. The fourth-order valence-corrected chi connectivity index (χ4v) is 1.82.